The second-order valence-electron chi connectivity index (χ2n) is 3.36. The molecule has 90 valence electrons. The molecule has 17 heavy (non-hydrogen) atoms. The average molecular weight is 338 g/mol. The van der Waals surface area contributed by atoms with Crippen LogP contribution in [0.5, 0.6) is 0 Å². The zero-order valence-corrected chi connectivity index (χ0v) is 11.8. The fraction of sp³-hybridized carbons (Fsp3) is 0.200. The van der Waals surface area contributed by atoms with Gasteiger partial charge < -0.3 is 5.32 Å². The van der Waals surface area contributed by atoms with E-state index in [0.29, 0.717) is 19.8 Å². The predicted molar refractivity (Wildman–Crippen MR) is 71.2 cm³/mol. The number of fused-ring (bicyclic) bond motifs is 1. The quantitative estimate of drug-likeness (QED) is 0.848. The molecule has 0 bridgehead atoms. The second kappa shape index (κ2) is 4.88. The lowest BCUT2D eigenvalue weighted by atomic mass is 10.3. The number of thiazole rings is 1. The highest BCUT2D eigenvalue weighted by atomic mass is 79.9. The molecule has 0 spiro atoms. The zero-order valence-electron chi connectivity index (χ0n) is 8.63. The van der Waals surface area contributed by atoms with E-state index in [9.17, 15) is 9.18 Å². The Morgan fingerprint density at radius 1 is 1.65 bits per heavy atom. The molecule has 0 aliphatic heterocycles. The molecule has 2 aromatic rings. The molecule has 0 saturated carbocycles. The van der Waals surface area contributed by atoms with Crippen LogP contribution >= 0.6 is 38.9 Å². The third-order valence-corrected chi connectivity index (χ3v) is 3.73. The van der Waals surface area contributed by atoms with Gasteiger partial charge in [-0.05, 0) is 35.0 Å². The van der Waals surface area contributed by atoms with Crippen LogP contribution in [0.3, 0.4) is 0 Å². The Kier molecular flexibility index (Phi) is 3.65. The van der Waals surface area contributed by atoms with Gasteiger partial charge in [-0.3, -0.25) is 4.79 Å². The fourth-order valence-electron chi connectivity index (χ4n) is 1.22. The molecule has 1 N–H and O–H groups in total. The summed E-state index contributed by atoms with van der Waals surface area (Å²) in [7, 11) is 0. The number of nitrogens with one attached hydrogen (secondary N) is 1. The third-order valence-electron chi connectivity index (χ3n) is 2.00. The summed E-state index contributed by atoms with van der Waals surface area (Å²) in [5.41, 5.74) is 0.619. The van der Waals surface area contributed by atoms with Crippen LogP contribution in [0.2, 0.25) is 0 Å². The van der Waals surface area contributed by atoms with Crippen LogP contribution in [-0.4, -0.2) is 16.3 Å². The predicted octanol–water partition coefficient (Wildman–Crippen LogP) is 3.76. The van der Waals surface area contributed by atoms with Crippen LogP contribution in [0, 0.1) is 5.82 Å². The molecule has 7 heteroatoms. The lowest BCUT2D eigenvalue weighted by Crippen LogP contribution is -2.19. The first-order valence-electron chi connectivity index (χ1n) is 4.68. The van der Waals surface area contributed by atoms with Crippen molar-refractivity contribution >= 4 is 60.1 Å². The summed E-state index contributed by atoms with van der Waals surface area (Å²) in [4.78, 5) is 15.6. The van der Waals surface area contributed by atoms with Crippen LogP contribution < -0.4 is 5.32 Å². The number of carbonyl (C=O) groups excluding carboxylic acids is 1. The minimum Gasteiger partial charge on any atom is -0.301 e. The highest BCUT2D eigenvalue weighted by Gasteiger charge is 2.14. The molecule has 0 unspecified atom stereocenters. The van der Waals surface area contributed by atoms with E-state index in [4.69, 9.17) is 11.6 Å². The van der Waals surface area contributed by atoms with E-state index >= 15 is 0 Å². The molecule has 0 fully saturated rings. The Balaban J connectivity index is 2.38. The molecular formula is C10H7BrClFN2OS. The van der Waals surface area contributed by atoms with Gasteiger partial charge in [0.25, 0.3) is 0 Å². The number of benzene rings is 1. The summed E-state index contributed by atoms with van der Waals surface area (Å²) < 4.78 is 14.4. The normalized spacial score (nSPS) is 12.7. The topological polar surface area (TPSA) is 42.0 Å². The van der Waals surface area contributed by atoms with Gasteiger partial charge in [0.1, 0.15) is 11.2 Å². The zero-order chi connectivity index (χ0) is 12.6. The van der Waals surface area contributed by atoms with Crippen molar-refractivity contribution in [2.75, 3.05) is 5.32 Å². The van der Waals surface area contributed by atoms with E-state index in [1.807, 2.05) is 0 Å². The number of alkyl halides is 1. The van der Waals surface area contributed by atoms with E-state index < -0.39 is 5.38 Å². The molecule has 2 rings (SSSR count). The molecule has 3 nitrogen and oxygen atoms in total. The molecule has 1 aromatic heterocycles. The molecular weight excluding hydrogens is 331 g/mol. The van der Waals surface area contributed by atoms with E-state index in [2.05, 4.69) is 26.2 Å². The van der Waals surface area contributed by atoms with Crippen molar-refractivity contribution in [2.45, 2.75) is 12.3 Å². The van der Waals surface area contributed by atoms with Crippen molar-refractivity contribution in [1.29, 1.82) is 0 Å². The number of nitrogens with zero attached hydrogens (tertiary/aromatic N) is 1. The summed E-state index contributed by atoms with van der Waals surface area (Å²) in [6, 6.07) is 2.70. The molecule has 0 aliphatic rings. The summed E-state index contributed by atoms with van der Waals surface area (Å²) in [5, 5.41) is 2.34. The number of carbonyl (C=O) groups is 1. The monoisotopic (exact) mass is 336 g/mol. The molecule has 0 saturated heterocycles. The minimum atomic E-state index is -0.637. The van der Waals surface area contributed by atoms with Crippen LogP contribution in [0.25, 0.3) is 10.2 Å². The SMILES string of the molecule is C[C@H](Cl)C(=O)Nc1nc2c(Br)cc(F)cc2s1. The van der Waals surface area contributed by atoms with Gasteiger partial charge in [0.05, 0.1) is 10.2 Å². The molecule has 0 radical (unpaired) electrons. The van der Waals surface area contributed by atoms with Gasteiger partial charge in [-0.2, -0.15) is 0 Å². The number of hydrogen-bond acceptors (Lipinski definition) is 3. The standard InChI is InChI=1S/C10H7BrClFN2OS/c1-4(12)9(16)15-10-14-8-6(11)2-5(13)3-7(8)17-10/h2-4H,1H3,(H,14,15,16)/t4-/m0/s1. The largest absolute Gasteiger partial charge is 0.301 e. The number of halogens is 3. The van der Waals surface area contributed by atoms with Gasteiger partial charge >= 0.3 is 0 Å². The number of amides is 1. The second-order valence-corrected chi connectivity index (χ2v) is 5.90. The van der Waals surface area contributed by atoms with Crippen molar-refractivity contribution in [2.24, 2.45) is 0 Å². The Hall–Kier alpha value is -0.720. The first-order valence-corrected chi connectivity index (χ1v) is 6.72. The smallest absolute Gasteiger partial charge is 0.243 e. The summed E-state index contributed by atoms with van der Waals surface area (Å²) in [5.74, 6) is -0.682. The van der Waals surface area contributed by atoms with E-state index in [-0.39, 0.29) is 11.7 Å². The van der Waals surface area contributed by atoms with Crippen molar-refractivity contribution < 1.29 is 9.18 Å². The maximum atomic E-state index is 13.1. The molecule has 1 heterocycles. The van der Waals surface area contributed by atoms with Crippen molar-refractivity contribution in [1.82, 2.24) is 4.98 Å². The van der Waals surface area contributed by atoms with Gasteiger partial charge in [-0.25, -0.2) is 9.37 Å². The summed E-state index contributed by atoms with van der Waals surface area (Å²) in [6.45, 7) is 1.57. The van der Waals surface area contributed by atoms with Crippen LogP contribution in [0.1, 0.15) is 6.92 Å². The van der Waals surface area contributed by atoms with Crippen LogP contribution in [0.15, 0.2) is 16.6 Å². The minimum absolute atomic E-state index is 0.331. The lowest BCUT2D eigenvalue weighted by Gasteiger charge is -2.01. The molecule has 1 amide bonds. The van der Waals surface area contributed by atoms with E-state index in [1.54, 1.807) is 6.92 Å². The Labute approximate surface area is 114 Å². The highest BCUT2D eigenvalue weighted by Crippen LogP contribution is 2.32. The van der Waals surface area contributed by atoms with Gasteiger partial charge in [0.15, 0.2) is 5.13 Å². The van der Waals surface area contributed by atoms with Crippen molar-refractivity contribution in [3.8, 4) is 0 Å². The number of anilines is 1. The maximum Gasteiger partial charge on any atom is 0.243 e. The van der Waals surface area contributed by atoms with Crippen LogP contribution in [0.4, 0.5) is 9.52 Å². The highest BCUT2D eigenvalue weighted by molar-refractivity contribution is 9.10. The third kappa shape index (κ3) is 2.75. The Bertz CT molecular complexity index is 587. The van der Waals surface area contributed by atoms with Crippen molar-refractivity contribution in [3.05, 3.63) is 22.4 Å². The number of rotatable bonds is 2. The summed E-state index contributed by atoms with van der Waals surface area (Å²) >= 11 is 10.1. The Morgan fingerprint density at radius 3 is 3.00 bits per heavy atom. The van der Waals surface area contributed by atoms with Crippen molar-refractivity contribution in [3.63, 3.8) is 0 Å². The average Bonchev–Trinajstić information content (AvgIpc) is 2.60. The molecule has 0 aliphatic carbocycles. The van der Waals surface area contributed by atoms with E-state index in [0.717, 1.165) is 0 Å². The van der Waals surface area contributed by atoms with Gasteiger partial charge in [-0.1, -0.05) is 11.3 Å². The molecule has 1 aromatic carbocycles. The maximum absolute atomic E-state index is 13.1. The number of hydrogen-bond donors (Lipinski definition) is 1. The van der Waals surface area contributed by atoms with Gasteiger partial charge in [-0.15, -0.1) is 11.6 Å². The van der Waals surface area contributed by atoms with Crippen LogP contribution in [-0.2, 0) is 4.79 Å². The van der Waals surface area contributed by atoms with E-state index in [1.165, 1.54) is 23.5 Å². The molecule has 1 atom stereocenters. The lowest BCUT2D eigenvalue weighted by molar-refractivity contribution is -0.115. The number of aromatic nitrogens is 1. The Morgan fingerprint density at radius 2 is 2.35 bits per heavy atom. The fourth-order valence-corrected chi connectivity index (χ4v) is 2.84. The van der Waals surface area contributed by atoms with Gasteiger partial charge in [0.2, 0.25) is 5.91 Å². The first-order chi connectivity index (χ1) is 7.97. The first kappa shape index (κ1) is 12.7. The summed E-state index contributed by atoms with van der Waals surface area (Å²) in [6.07, 6.45) is 0. The van der Waals surface area contributed by atoms with Gasteiger partial charge in [0, 0.05) is 4.47 Å².